The first kappa shape index (κ1) is 18.5. The van der Waals surface area contributed by atoms with E-state index in [2.05, 4.69) is 4.98 Å². The minimum absolute atomic E-state index is 0.0325. The molecule has 0 unspecified atom stereocenters. The largest absolute Gasteiger partial charge is 0.376 e. The van der Waals surface area contributed by atoms with Gasteiger partial charge >= 0.3 is 0 Å². The van der Waals surface area contributed by atoms with Gasteiger partial charge < -0.3 is 4.74 Å². The average Bonchev–Trinajstić information content (AvgIpc) is 3.40. The van der Waals surface area contributed by atoms with Crippen LogP contribution in [0, 0.1) is 0 Å². The molecule has 0 N–H and O–H groups in total. The third-order valence-corrected chi connectivity index (χ3v) is 5.96. The standard InChI is InChI=1S/C23H18ClN5O2/c24-14-5-3-6-15(11-14)29-21-19(20-22(29)27-18-9-2-1-8-17(18)26-20)23(30)28(13-25-21)12-16-7-4-10-31-16/h1-3,5-6,8-9,11,13,16H,4,7,10,12H2/t16-/m1/s1. The van der Waals surface area contributed by atoms with Crippen molar-refractivity contribution in [1.82, 2.24) is 24.1 Å². The van der Waals surface area contributed by atoms with E-state index >= 15 is 0 Å². The highest BCUT2D eigenvalue weighted by molar-refractivity contribution is 6.30. The Labute approximate surface area is 181 Å². The Balaban J connectivity index is 1.69. The molecule has 0 bridgehead atoms. The third-order valence-electron chi connectivity index (χ3n) is 5.72. The van der Waals surface area contributed by atoms with Crippen molar-refractivity contribution in [3.05, 3.63) is 70.2 Å². The van der Waals surface area contributed by atoms with Crippen LogP contribution >= 0.6 is 11.6 Å². The molecule has 1 saturated heterocycles. The molecule has 5 aromatic rings. The molecule has 2 aromatic carbocycles. The first-order valence-electron chi connectivity index (χ1n) is 10.2. The molecule has 31 heavy (non-hydrogen) atoms. The van der Waals surface area contributed by atoms with Gasteiger partial charge in [0.05, 0.1) is 29.4 Å². The van der Waals surface area contributed by atoms with E-state index in [0.717, 1.165) is 36.2 Å². The summed E-state index contributed by atoms with van der Waals surface area (Å²) in [7, 11) is 0. The second kappa shape index (κ2) is 7.14. The Morgan fingerprint density at radius 1 is 1.06 bits per heavy atom. The second-order valence-corrected chi connectivity index (χ2v) is 8.17. The van der Waals surface area contributed by atoms with E-state index in [4.69, 9.17) is 26.3 Å². The number of nitrogens with zero attached hydrogens (tertiary/aromatic N) is 5. The highest BCUT2D eigenvalue weighted by atomic mass is 35.5. The lowest BCUT2D eigenvalue weighted by Crippen LogP contribution is -2.26. The van der Waals surface area contributed by atoms with Crippen molar-refractivity contribution in [2.45, 2.75) is 25.5 Å². The lowest BCUT2D eigenvalue weighted by molar-refractivity contribution is 0.0960. The normalized spacial score (nSPS) is 16.6. The number of para-hydroxylation sites is 2. The minimum atomic E-state index is -0.143. The van der Waals surface area contributed by atoms with Gasteiger partial charge in [0.1, 0.15) is 17.2 Å². The summed E-state index contributed by atoms with van der Waals surface area (Å²) in [6.45, 7) is 1.22. The van der Waals surface area contributed by atoms with Gasteiger partial charge in [-0.25, -0.2) is 15.0 Å². The fourth-order valence-corrected chi connectivity index (χ4v) is 4.45. The summed E-state index contributed by atoms with van der Waals surface area (Å²) in [6.07, 6.45) is 3.58. The van der Waals surface area contributed by atoms with Gasteiger partial charge in [0, 0.05) is 11.6 Å². The molecule has 1 fully saturated rings. The minimum Gasteiger partial charge on any atom is -0.376 e. The van der Waals surface area contributed by atoms with E-state index in [0.29, 0.717) is 33.8 Å². The summed E-state index contributed by atoms with van der Waals surface area (Å²) in [5, 5.41) is 1.04. The molecule has 3 aromatic heterocycles. The van der Waals surface area contributed by atoms with Crippen LogP contribution in [-0.2, 0) is 11.3 Å². The zero-order valence-corrected chi connectivity index (χ0v) is 17.3. The van der Waals surface area contributed by atoms with Crippen molar-refractivity contribution in [3.8, 4) is 5.69 Å². The van der Waals surface area contributed by atoms with Crippen LogP contribution in [0.4, 0.5) is 0 Å². The molecule has 7 nitrogen and oxygen atoms in total. The van der Waals surface area contributed by atoms with Crippen molar-refractivity contribution in [1.29, 1.82) is 0 Å². The van der Waals surface area contributed by atoms with Crippen LogP contribution in [0.5, 0.6) is 0 Å². The monoisotopic (exact) mass is 431 g/mol. The number of halogens is 1. The molecule has 1 aliphatic heterocycles. The molecule has 154 valence electrons. The number of hydrogen-bond acceptors (Lipinski definition) is 5. The fourth-order valence-electron chi connectivity index (χ4n) is 4.27. The summed E-state index contributed by atoms with van der Waals surface area (Å²) < 4.78 is 9.20. The number of ether oxygens (including phenoxy) is 1. The highest BCUT2D eigenvalue weighted by Crippen LogP contribution is 2.29. The molecule has 1 aliphatic rings. The molecule has 8 heteroatoms. The predicted molar refractivity (Wildman–Crippen MR) is 120 cm³/mol. The van der Waals surface area contributed by atoms with Crippen LogP contribution in [0.25, 0.3) is 38.9 Å². The SMILES string of the molecule is O=c1c2c3nc4ccccc4nc3n(-c3cccc(Cl)c3)c2ncn1C[C@H]1CCCO1. The van der Waals surface area contributed by atoms with E-state index < -0.39 is 0 Å². The first-order valence-corrected chi connectivity index (χ1v) is 10.6. The zero-order chi connectivity index (χ0) is 20.9. The Hall–Kier alpha value is -3.29. The number of hydrogen-bond donors (Lipinski definition) is 0. The maximum Gasteiger partial charge on any atom is 0.265 e. The van der Waals surface area contributed by atoms with Crippen LogP contribution in [-0.4, -0.2) is 36.8 Å². The molecule has 6 rings (SSSR count). The summed E-state index contributed by atoms with van der Waals surface area (Å²) in [4.78, 5) is 27.9. The Bertz CT molecular complexity index is 1520. The summed E-state index contributed by atoms with van der Waals surface area (Å²) in [5.41, 5.74) is 3.75. The maximum atomic E-state index is 13.5. The molecule has 0 radical (unpaired) electrons. The molecule has 4 heterocycles. The molecular weight excluding hydrogens is 414 g/mol. The molecule has 0 spiro atoms. The van der Waals surface area contributed by atoms with Crippen LogP contribution in [0.2, 0.25) is 5.02 Å². The third kappa shape index (κ3) is 3.00. The second-order valence-electron chi connectivity index (χ2n) is 7.74. The van der Waals surface area contributed by atoms with Gasteiger partial charge in [-0.3, -0.25) is 13.9 Å². The van der Waals surface area contributed by atoms with E-state index in [1.807, 2.05) is 53.1 Å². The van der Waals surface area contributed by atoms with E-state index in [1.165, 1.54) is 0 Å². The zero-order valence-electron chi connectivity index (χ0n) is 16.5. The lowest BCUT2D eigenvalue weighted by Gasteiger charge is -2.11. The van der Waals surface area contributed by atoms with E-state index in [1.54, 1.807) is 10.9 Å². The van der Waals surface area contributed by atoms with Gasteiger partial charge in [0.15, 0.2) is 11.3 Å². The number of benzene rings is 2. The van der Waals surface area contributed by atoms with Gasteiger partial charge in [-0.2, -0.15) is 0 Å². The topological polar surface area (TPSA) is 74.8 Å². The quantitative estimate of drug-likeness (QED) is 0.429. The van der Waals surface area contributed by atoms with Crippen LogP contribution in [0.3, 0.4) is 0 Å². The first-order chi connectivity index (χ1) is 15.2. The van der Waals surface area contributed by atoms with E-state index in [9.17, 15) is 4.79 Å². The predicted octanol–water partition coefficient (Wildman–Crippen LogP) is 4.12. The Morgan fingerprint density at radius 2 is 1.90 bits per heavy atom. The highest BCUT2D eigenvalue weighted by Gasteiger charge is 2.23. The number of aromatic nitrogens is 5. The van der Waals surface area contributed by atoms with Crippen LogP contribution < -0.4 is 5.56 Å². The van der Waals surface area contributed by atoms with E-state index in [-0.39, 0.29) is 11.7 Å². The summed E-state index contributed by atoms with van der Waals surface area (Å²) in [6, 6.07) is 15.0. The number of rotatable bonds is 3. The van der Waals surface area contributed by atoms with Gasteiger partial charge in [-0.1, -0.05) is 29.8 Å². The van der Waals surface area contributed by atoms with Crippen molar-refractivity contribution < 1.29 is 4.74 Å². The van der Waals surface area contributed by atoms with Crippen molar-refractivity contribution in [3.63, 3.8) is 0 Å². The summed E-state index contributed by atoms with van der Waals surface area (Å²) in [5.74, 6) is 0. The molecule has 1 atom stereocenters. The smallest absolute Gasteiger partial charge is 0.265 e. The average molecular weight is 432 g/mol. The van der Waals surface area contributed by atoms with Crippen molar-refractivity contribution in [2.24, 2.45) is 0 Å². The van der Waals surface area contributed by atoms with Crippen LogP contribution in [0.1, 0.15) is 12.8 Å². The van der Waals surface area contributed by atoms with Gasteiger partial charge in [-0.15, -0.1) is 0 Å². The summed E-state index contributed by atoms with van der Waals surface area (Å²) >= 11 is 6.26. The van der Waals surface area contributed by atoms with Gasteiger partial charge in [0.25, 0.3) is 5.56 Å². The van der Waals surface area contributed by atoms with Gasteiger partial charge in [0.2, 0.25) is 0 Å². The molecular formula is C23H18ClN5O2. The Kier molecular flexibility index (Phi) is 4.26. The van der Waals surface area contributed by atoms with Crippen molar-refractivity contribution >= 4 is 44.8 Å². The molecule has 0 amide bonds. The molecule has 0 aliphatic carbocycles. The lowest BCUT2D eigenvalue weighted by atomic mass is 10.2. The van der Waals surface area contributed by atoms with Crippen LogP contribution in [0.15, 0.2) is 59.7 Å². The number of fused-ring (bicyclic) bond motifs is 4. The van der Waals surface area contributed by atoms with Crippen molar-refractivity contribution in [2.75, 3.05) is 6.61 Å². The Morgan fingerprint density at radius 3 is 2.68 bits per heavy atom. The fraction of sp³-hybridized carbons (Fsp3) is 0.217. The molecule has 0 saturated carbocycles. The maximum absolute atomic E-state index is 13.5. The van der Waals surface area contributed by atoms with Gasteiger partial charge in [-0.05, 0) is 43.2 Å².